The highest BCUT2D eigenvalue weighted by Gasteiger charge is 2.55. The highest BCUT2D eigenvalue weighted by molar-refractivity contribution is 6.23. The minimum absolute atomic E-state index is 0.182. The Bertz CT molecular complexity index is 1150. The Hall–Kier alpha value is -3.99. The normalized spacial score (nSPS) is 24.0. The molecule has 2 aliphatic rings. The molecule has 0 aromatic heterocycles. The van der Waals surface area contributed by atoms with Crippen LogP contribution in [-0.2, 0) is 14.4 Å². The van der Waals surface area contributed by atoms with E-state index in [0.717, 1.165) is 11.1 Å². The van der Waals surface area contributed by atoms with Crippen LogP contribution in [0.15, 0.2) is 97.1 Å². The van der Waals surface area contributed by atoms with E-state index < -0.39 is 17.8 Å². The molecule has 5 heteroatoms. The third-order valence-corrected chi connectivity index (χ3v) is 6.42. The number of amides is 2. The van der Waals surface area contributed by atoms with Crippen LogP contribution in [-0.4, -0.2) is 17.8 Å². The van der Waals surface area contributed by atoms with E-state index in [9.17, 15) is 14.4 Å². The maximum atomic E-state index is 13.8. The number of anilines is 1. The molecule has 3 aromatic carbocycles. The maximum absolute atomic E-state index is 13.8. The number of hydrogen-bond donors (Lipinski definition) is 0. The average Bonchev–Trinajstić information content (AvgIpc) is 3.10. The average molecular weight is 437 g/mol. The Labute approximate surface area is 192 Å². The number of rotatable bonds is 4. The van der Waals surface area contributed by atoms with Gasteiger partial charge >= 0.3 is 5.97 Å². The van der Waals surface area contributed by atoms with Gasteiger partial charge in [0, 0.05) is 18.8 Å². The molecule has 1 aliphatic heterocycles. The molecule has 0 saturated carbocycles. The van der Waals surface area contributed by atoms with Crippen molar-refractivity contribution < 1.29 is 19.1 Å². The first-order valence-electron chi connectivity index (χ1n) is 11.0. The topological polar surface area (TPSA) is 63.7 Å². The van der Waals surface area contributed by atoms with Gasteiger partial charge in [0.05, 0.1) is 17.5 Å². The van der Waals surface area contributed by atoms with Gasteiger partial charge in [-0.05, 0) is 35.4 Å². The van der Waals surface area contributed by atoms with E-state index in [2.05, 4.69) is 12.2 Å². The molecule has 0 N–H and O–H groups in total. The Kier molecular flexibility index (Phi) is 5.38. The number of fused-ring (bicyclic) bond motifs is 1. The van der Waals surface area contributed by atoms with E-state index in [4.69, 9.17) is 4.74 Å². The lowest BCUT2D eigenvalue weighted by atomic mass is 9.68. The van der Waals surface area contributed by atoms with Crippen LogP contribution in [0.5, 0.6) is 5.75 Å². The molecular formula is C28H23NO4. The molecule has 0 unspecified atom stereocenters. The van der Waals surface area contributed by atoms with Gasteiger partial charge in [-0.1, -0.05) is 72.8 Å². The Morgan fingerprint density at radius 3 is 1.58 bits per heavy atom. The van der Waals surface area contributed by atoms with Gasteiger partial charge in [0.1, 0.15) is 5.75 Å². The van der Waals surface area contributed by atoms with Crippen molar-refractivity contribution in [3.63, 3.8) is 0 Å². The molecule has 1 heterocycles. The second-order valence-corrected chi connectivity index (χ2v) is 8.41. The van der Waals surface area contributed by atoms with Gasteiger partial charge in [0.25, 0.3) is 0 Å². The summed E-state index contributed by atoms with van der Waals surface area (Å²) in [5.74, 6) is -1.82. The smallest absolute Gasteiger partial charge is 0.308 e. The molecule has 5 rings (SSSR count). The van der Waals surface area contributed by atoms with E-state index in [1.165, 1.54) is 11.8 Å². The molecule has 4 atom stereocenters. The van der Waals surface area contributed by atoms with Gasteiger partial charge < -0.3 is 4.74 Å². The van der Waals surface area contributed by atoms with E-state index >= 15 is 0 Å². The van der Waals surface area contributed by atoms with Gasteiger partial charge in [-0.15, -0.1) is 0 Å². The van der Waals surface area contributed by atoms with Crippen LogP contribution in [0.3, 0.4) is 0 Å². The first-order valence-corrected chi connectivity index (χ1v) is 11.0. The molecule has 2 amide bonds. The third kappa shape index (κ3) is 3.76. The number of imide groups is 1. The summed E-state index contributed by atoms with van der Waals surface area (Å²) in [6, 6.07) is 26.2. The van der Waals surface area contributed by atoms with E-state index in [-0.39, 0.29) is 23.7 Å². The molecule has 33 heavy (non-hydrogen) atoms. The summed E-state index contributed by atoms with van der Waals surface area (Å²) in [5.41, 5.74) is 2.51. The SMILES string of the molecule is CC(=O)Oc1ccc(N2C(=O)[C@@H]3[C@@H](C2=O)[C@H](c2ccccc2)C=C[C@@H]3c2ccccc2)cc1. The maximum Gasteiger partial charge on any atom is 0.308 e. The molecular weight excluding hydrogens is 414 g/mol. The predicted octanol–water partition coefficient (Wildman–Crippen LogP) is 4.85. The molecule has 5 nitrogen and oxygen atoms in total. The van der Waals surface area contributed by atoms with Gasteiger partial charge in [-0.3, -0.25) is 14.4 Å². The quantitative estimate of drug-likeness (QED) is 0.253. The molecule has 0 radical (unpaired) electrons. The minimum Gasteiger partial charge on any atom is -0.427 e. The molecule has 1 aliphatic carbocycles. The summed E-state index contributed by atoms with van der Waals surface area (Å²) >= 11 is 0. The van der Waals surface area contributed by atoms with Gasteiger partial charge in [0.15, 0.2) is 0 Å². The van der Waals surface area contributed by atoms with Crippen LogP contribution >= 0.6 is 0 Å². The highest BCUT2D eigenvalue weighted by atomic mass is 16.5. The number of carbonyl (C=O) groups excluding carboxylic acids is 3. The number of benzene rings is 3. The van der Waals surface area contributed by atoms with Crippen LogP contribution in [0.25, 0.3) is 0 Å². The number of nitrogens with zero attached hydrogens (tertiary/aromatic N) is 1. The second kappa shape index (κ2) is 8.51. The Morgan fingerprint density at radius 1 is 0.697 bits per heavy atom. The zero-order valence-electron chi connectivity index (χ0n) is 18.1. The number of hydrogen-bond acceptors (Lipinski definition) is 4. The first kappa shape index (κ1) is 20.9. The molecule has 1 fully saturated rings. The number of allylic oxidation sites excluding steroid dienone is 2. The summed E-state index contributed by atoms with van der Waals surface area (Å²) in [6.45, 7) is 1.33. The predicted molar refractivity (Wildman–Crippen MR) is 125 cm³/mol. The van der Waals surface area contributed by atoms with Crippen LogP contribution in [0.1, 0.15) is 29.9 Å². The van der Waals surface area contributed by atoms with Crippen molar-refractivity contribution in [3.05, 3.63) is 108 Å². The van der Waals surface area contributed by atoms with Crippen LogP contribution in [0.4, 0.5) is 5.69 Å². The summed E-state index contributed by atoms with van der Waals surface area (Å²) in [7, 11) is 0. The summed E-state index contributed by atoms with van der Waals surface area (Å²) in [4.78, 5) is 40.0. The van der Waals surface area contributed by atoms with E-state index in [1.807, 2.05) is 60.7 Å². The zero-order valence-corrected chi connectivity index (χ0v) is 18.1. The minimum atomic E-state index is -0.497. The molecule has 0 bridgehead atoms. The number of esters is 1. The summed E-state index contributed by atoms with van der Waals surface area (Å²) in [6.07, 6.45) is 4.15. The van der Waals surface area contributed by atoms with Crippen molar-refractivity contribution >= 4 is 23.5 Å². The first-order chi connectivity index (χ1) is 16.0. The Morgan fingerprint density at radius 2 is 1.15 bits per heavy atom. The van der Waals surface area contributed by atoms with Crippen molar-refractivity contribution in [2.75, 3.05) is 4.90 Å². The standard InChI is InChI=1S/C28H23NO4/c1-18(30)33-22-14-12-21(13-15-22)29-27(31)25-23(19-8-4-2-5-9-19)16-17-24(26(25)28(29)32)20-10-6-3-7-11-20/h2-17,23-26H,1H3/t23-,24+,25-,26-/m0/s1. The van der Waals surface area contributed by atoms with Crippen molar-refractivity contribution in [2.24, 2.45) is 11.8 Å². The molecule has 1 saturated heterocycles. The number of carbonyl (C=O) groups is 3. The largest absolute Gasteiger partial charge is 0.427 e. The van der Waals surface area contributed by atoms with Gasteiger partial charge in [0.2, 0.25) is 11.8 Å². The van der Waals surface area contributed by atoms with Crippen molar-refractivity contribution in [3.8, 4) is 5.75 Å². The van der Waals surface area contributed by atoms with Crippen LogP contribution in [0, 0.1) is 11.8 Å². The van der Waals surface area contributed by atoms with Gasteiger partial charge in [-0.25, -0.2) is 4.90 Å². The van der Waals surface area contributed by atoms with Gasteiger partial charge in [-0.2, -0.15) is 0 Å². The number of ether oxygens (including phenoxy) is 1. The molecule has 3 aromatic rings. The molecule has 164 valence electrons. The zero-order chi connectivity index (χ0) is 22.9. The van der Waals surface area contributed by atoms with Crippen LogP contribution < -0.4 is 9.64 Å². The van der Waals surface area contributed by atoms with Crippen molar-refractivity contribution in [1.82, 2.24) is 0 Å². The second-order valence-electron chi connectivity index (χ2n) is 8.41. The fraction of sp³-hybridized carbons (Fsp3) is 0.179. The van der Waals surface area contributed by atoms with Crippen molar-refractivity contribution in [1.29, 1.82) is 0 Å². The van der Waals surface area contributed by atoms with E-state index in [1.54, 1.807) is 24.3 Å². The van der Waals surface area contributed by atoms with E-state index in [0.29, 0.717) is 11.4 Å². The Balaban J connectivity index is 1.56. The lowest BCUT2D eigenvalue weighted by Crippen LogP contribution is -2.31. The molecule has 0 spiro atoms. The summed E-state index contributed by atoms with van der Waals surface area (Å²) < 4.78 is 5.09. The summed E-state index contributed by atoms with van der Waals surface area (Å²) in [5, 5.41) is 0. The fourth-order valence-corrected chi connectivity index (χ4v) is 5.02. The monoisotopic (exact) mass is 437 g/mol. The van der Waals surface area contributed by atoms with Crippen molar-refractivity contribution in [2.45, 2.75) is 18.8 Å². The lowest BCUT2D eigenvalue weighted by Gasteiger charge is -2.32. The lowest BCUT2D eigenvalue weighted by molar-refractivity contribution is -0.132. The highest BCUT2D eigenvalue weighted by Crippen LogP contribution is 2.50. The fourth-order valence-electron chi connectivity index (χ4n) is 5.02. The van der Waals surface area contributed by atoms with Crippen LogP contribution in [0.2, 0.25) is 0 Å². The third-order valence-electron chi connectivity index (χ3n) is 6.42.